The fourth-order valence-electron chi connectivity index (χ4n) is 4.52. The van der Waals surface area contributed by atoms with Crippen LogP contribution in [-0.2, 0) is 9.59 Å². The van der Waals surface area contributed by atoms with E-state index in [4.69, 9.17) is 11.0 Å². The Balaban J connectivity index is 1.60. The zero-order chi connectivity index (χ0) is 31.2. The number of nitrogens with one attached hydrogen (secondary N) is 2. The SMILES string of the molecule is [2H]C1([2H])N(CC2CCNCC2)C([2H])([2H])C([2H])([2H])N(c2cc3c(c(F)c2F)C(=O)N(C2CCC(=O)NC2=O)C3=O)C1([2H])[2H]. The first-order chi connectivity index (χ1) is 19.4. The molecule has 4 aliphatic heterocycles. The highest BCUT2D eigenvalue weighted by Gasteiger charge is 2.47. The lowest BCUT2D eigenvalue weighted by molar-refractivity contribution is -0.136. The molecule has 3 saturated heterocycles. The van der Waals surface area contributed by atoms with Gasteiger partial charge in [-0.15, -0.1) is 0 Å². The van der Waals surface area contributed by atoms with Gasteiger partial charge in [0.2, 0.25) is 11.8 Å². The molecule has 1 aromatic carbocycles. The molecule has 1 aromatic rings. The molecule has 3 fully saturated rings. The lowest BCUT2D eigenvalue weighted by Crippen LogP contribution is -2.54. The number of benzene rings is 1. The molecule has 182 valence electrons. The maximum Gasteiger partial charge on any atom is 0.265 e. The van der Waals surface area contributed by atoms with Crippen LogP contribution >= 0.6 is 0 Å². The second-order valence-corrected chi connectivity index (χ2v) is 8.48. The van der Waals surface area contributed by atoms with Crippen LogP contribution in [0.5, 0.6) is 0 Å². The first kappa shape index (κ1) is 15.2. The van der Waals surface area contributed by atoms with Crippen molar-refractivity contribution < 1.29 is 38.9 Å². The molecule has 1 atom stereocenters. The van der Waals surface area contributed by atoms with Gasteiger partial charge in [0, 0.05) is 44.4 Å². The zero-order valence-electron chi connectivity index (χ0n) is 25.9. The van der Waals surface area contributed by atoms with Crippen molar-refractivity contribution in [2.24, 2.45) is 5.92 Å². The lowest BCUT2D eigenvalue weighted by Gasteiger charge is -2.38. The second kappa shape index (κ2) is 9.03. The number of fused-ring (bicyclic) bond motifs is 1. The average Bonchev–Trinajstić information content (AvgIpc) is 3.14. The van der Waals surface area contributed by atoms with Crippen molar-refractivity contribution in [1.82, 2.24) is 20.4 Å². The number of carbonyl (C=O) groups excluding carboxylic acids is 4. The summed E-state index contributed by atoms with van der Waals surface area (Å²) in [6.07, 6.45) is 0.432. The van der Waals surface area contributed by atoms with E-state index in [9.17, 15) is 19.2 Å². The van der Waals surface area contributed by atoms with Crippen molar-refractivity contribution in [3.63, 3.8) is 0 Å². The van der Waals surface area contributed by atoms with Crippen molar-refractivity contribution >= 4 is 29.3 Å². The highest BCUT2D eigenvalue weighted by atomic mass is 19.2. The third-order valence-electron chi connectivity index (χ3n) is 6.33. The van der Waals surface area contributed by atoms with Crippen LogP contribution in [0.25, 0.3) is 0 Å². The number of halogens is 2. The van der Waals surface area contributed by atoms with Gasteiger partial charge in [-0.3, -0.25) is 34.3 Å². The van der Waals surface area contributed by atoms with Crippen LogP contribution in [0, 0.1) is 17.6 Å². The van der Waals surface area contributed by atoms with E-state index < -0.39 is 84.1 Å². The van der Waals surface area contributed by atoms with Gasteiger partial charge in [0.05, 0.1) is 22.3 Å². The normalized spacial score (nSPS) is 34.0. The third-order valence-corrected chi connectivity index (χ3v) is 6.33. The number of hydrogen-bond donors (Lipinski definition) is 2. The summed E-state index contributed by atoms with van der Waals surface area (Å²) in [5.74, 6) is -8.73. The monoisotopic (exact) mass is 483 g/mol. The summed E-state index contributed by atoms with van der Waals surface area (Å²) in [5.41, 5.74) is -3.30. The molecular weight excluding hydrogens is 448 g/mol. The predicted molar refractivity (Wildman–Crippen MR) is 117 cm³/mol. The Morgan fingerprint density at radius 3 is 2.35 bits per heavy atom. The van der Waals surface area contributed by atoms with Gasteiger partial charge in [-0.05, 0) is 44.3 Å². The number of carbonyl (C=O) groups is 4. The molecule has 5 rings (SSSR count). The minimum Gasteiger partial charge on any atom is -0.366 e. The Kier molecular flexibility index (Phi) is 4.02. The van der Waals surface area contributed by atoms with Crippen molar-refractivity contribution in [2.45, 2.75) is 31.7 Å². The Bertz CT molecular complexity index is 1360. The van der Waals surface area contributed by atoms with E-state index in [1.807, 2.05) is 5.32 Å². The van der Waals surface area contributed by atoms with Crippen molar-refractivity contribution in [1.29, 1.82) is 0 Å². The molecule has 1 unspecified atom stereocenters. The van der Waals surface area contributed by atoms with Gasteiger partial charge < -0.3 is 10.2 Å². The quantitative estimate of drug-likeness (QED) is 0.601. The van der Waals surface area contributed by atoms with E-state index in [2.05, 4.69) is 5.32 Å². The Hall–Kier alpha value is -2.92. The molecule has 4 amide bonds. The van der Waals surface area contributed by atoms with E-state index >= 15 is 8.78 Å². The van der Waals surface area contributed by atoms with Crippen LogP contribution in [0.3, 0.4) is 0 Å². The molecule has 0 aliphatic carbocycles. The van der Waals surface area contributed by atoms with Gasteiger partial charge in [0.25, 0.3) is 11.8 Å². The molecule has 2 N–H and O–H groups in total. The standard InChI is InChI=1S/C23H27F2N5O4/c24-19-16(29-9-7-28(8-10-29)12-13-3-5-26-6-4-13)11-14-18(20(19)25)23(34)30(22(14)33)15-1-2-17(31)27-21(15)32/h11,13,15,26H,1-10,12H2,(H,27,31,32)/i7D2,8D2,9D2,10D2. The summed E-state index contributed by atoms with van der Waals surface area (Å²) in [7, 11) is 0. The van der Waals surface area contributed by atoms with E-state index in [-0.39, 0.29) is 30.2 Å². The van der Waals surface area contributed by atoms with Crippen LogP contribution in [0.1, 0.15) is 57.4 Å². The average molecular weight is 484 g/mol. The fourth-order valence-corrected chi connectivity index (χ4v) is 4.52. The molecule has 0 radical (unpaired) electrons. The smallest absolute Gasteiger partial charge is 0.265 e. The minimum absolute atomic E-state index is 0.204. The summed E-state index contributed by atoms with van der Waals surface area (Å²) < 4.78 is 100. The number of nitrogens with zero attached hydrogens (tertiary/aromatic N) is 3. The number of anilines is 1. The van der Waals surface area contributed by atoms with Gasteiger partial charge in [0.15, 0.2) is 11.6 Å². The van der Waals surface area contributed by atoms with Gasteiger partial charge in [-0.2, -0.15) is 0 Å². The zero-order valence-corrected chi connectivity index (χ0v) is 17.9. The number of piperazine rings is 1. The Morgan fingerprint density at radius 2 is 1.68 bits per heavy atom. The van der Waals surface area contributed by atoms with E-state index in [0.717, 1.165) is 0 Å². The Morgan fingerprint density at radius 1 is 0.971 bits per heavy atom. The number of imide groups is 2. The number of piperidine rings is 2. The van der Waals surface area contributed by atoms with Crippen molar-refractivity contribution in [3.8, 4) is 0 Å². The summed E-state index contributed by atoms with van der Waals surface area (Å²) in [6, 6.07) is -1.08. The molecular formula is C23H27F2N5O4. The van der Waals surface area contributed by atoms with Crippen LogP contribution in [0.4, 0.5) is 14.5 Å². The number of hydrogen-bond acceptors (Lipinski definition) is 7. The molecule has 0 spiro atoms. The highest BCUT2D eigenvalue weighted by molar-refractivity contribution is 6.24. The van der Waals surface area contributed by atoms with E-state index in [0.29, 0.717) is 41.8 Å². The second-order valence-electron chi connectivity index (χ2n) is 8.48. The maximum atomic E-state index is 15.7. The maximum absolute atomic E-state index is 15.7. The molecule has 9 nitrogen and oxygen atoms in total. The van der Waals surface area contributed by atoms with Gasteiger partial charge >= 0.3 is 0 Å². The first-order valence-electron chi connectivity index (χ1n) is 14.9. The Labute approximate surface area is 206 Å². The van der Waals surface area contributed by atoms with Crippen molar-refractivity contribution in [2.75, 3.05) is 50.5 Å². The topological polar surface area (TPSA) is 102 Å². The van der Waals surface area contributed by atoms with Gasteiger partial charge in [0.1, 0.15) is 6.04 Å². The van der Waals surface area contributed by atoms with E-state index in [1.54, 1.807) is 0 Å². The lowest BCUT2D eigenvalue weighted by atomic mass is 9.97. The molecule has 4 aliphatic rings. The molecule has 0 saturated carbocycles. The summed E-state index contributed by atoms with van der Waals surface area (Å²) >= 11 is 0. The highest BCUT2D eigenvalue weighted by Crippen LogP contribution is 2.35. The number of rotatable bonds is 4. The summed E-state index contributed by atoms with van der Waals surface area (Å²) in [6.45, 7) is -13.0. The molecule has 34 heavy (non-hydrogen) atoms. The minimum atomic E-state index is -3.55. The third kappa shape index (κ3) is 3.96. The van der Waals surface area contributed by atoms with Gasteiger partial charge in [-0.1, -0.05) is 0 Å². The van der Waals surface area contributed by atoms with Crippen molar-refractivity contribution in [3.05, 3.63) is 28.8 Å². The van der Waals surface area contributed by atoms with Crippen LogP contribution in [-0.4, -0.2) is 85.1 Å². The van der Waals surface area contributed by atoms with Crippen LogP contribution < -0.4 is 15.5 Å². The summed E-state index contributed by atoms with van der Waals surface area (Å²) in [4.78, 5) is 50.7. The first-order valence-corrected chi connectivity index (χ1v) is 10.9. The molecule has 4 heterocycles. The molecule has 0 aromatic heterocycles. The fraction of sp³-hybridized carbons (Fsp3) is 0.565. The van der Waals surface area contributed by atoms with Crippen LogP contribution in [0.15, 0.2) is 6.07 Å². The van der Waals surface area contributed by atoms with E-state index in [1.165, 1.54) is 0 Å². The largest absolute Gasteiger partial charge is 0.366 e. The molecule has 11 heteroatoms. The molecule has 0 bridgehead atoms. The number of amides is 4. The summed E-state index contributed by atoms with van der Waals surface area (Å²) in [5, 5.41) is 5.04. The van der Waals surface area contributed by atoms with Gasteiger partial charge in [-0.25, -0.2) is 8.78 Å². The van der Waals surface area contributed by atoms with Crippen LogP contribution in [0.2, 0.25) is 0 Å². The predicted octanol–water partition coefficient (Wildman–Crippen LogP) is 0.488.